The van der Waals surface area contributed by atoms with Crippen molar-refractivity contribution >= 4 is 23.4 Å². The van der Waals surface area contributed by atoms with Crippen molar-refractivity contribution in [1.29, 1.82) is 0 Å². The van der Waals surface area contributed by atoms with Crippen molar-refractivity contribution in [3.8, 4) is 5.88 Å². The number of carbonyl (C=O) groups is 2. The zero-order chi connectivity index (χ0) is 17.1. The molecule has 1 aromatic rings. The second-order valence-electron chi connectivity index (χ2n) is 6.29. The van der Waals surface area contributed by atoms with Gasteiger partial charge in [0.1, 0.15) is 6.61 Å². The summed E-state index contributed by atoms with van der Waals surface area (Å²) in [6.45, 7) is 1.49. The molecule has 130 valence electrons. The fraction of sp³-hybridized carbons (Fsp3) is 0.562. The van der Waals surface area contributed by atoms with Gasteiger partial charge in [-0.3, -0.25) is 9.59 Å². The van der Waals surface area contributed by atoms with Crippen molar-refractivity contribution < 1.29 is 14.3 Å². The topological polar surface area (TPSA) is 97.5 Å². The molecule has 0 radical (unpaired) electrons. The predicted molar refractivity (Wildman–Crippen MR) is 88.5 cm³/mol. The number of likely N-dealkylation sites (tertiary alicyclic amines) is 1. The van der Waals surface area contributed by atoms with Gasteiger partial charge in [0, 0.05) is 31.4 Å². The van der Waals surface area contributed by atoms with Gasteiger partial charge in [0.05, 0.1) is 11.6 Å². The second-order valence-corrected chi connectivity index (χ2v) is 6.73. The van der Waals surface area contributed by atoms with Crippen LogP contribution in [0.15, 0.2) is 18.3 Å². The highest BCUT2D eigenvalue weighted by Crippen LogP contribution is 2.40. The van der Waals surface area contributed by atoms with Crippen molar-refractivity contribution in [2.75, 3.05) is 26.2 Å². The summed E-state index contributed by atoms with van der Waals surface area (Å²) < 4.78 is 5.36. The number of aromatic nitrogens is 1. The van der Waals surface area contributed by atoms with Gasteiger partial charge in [-0.05, 0) is 30.7 Å². The summed E-state index contributed by atoms with van der Waals surface area (Å²) in [5, 5.41) is 3.09. The van der Waals surface area contributed by atoms with Crippen LogP contribution in [0.1, 0.15) is 12.8 Å². The highest BCUT2D eigenvalue weighted by Gasteiger charge is 2.43. The Bertz CT molecular complexity index is 606. The Kier molecular flexibility index (Phi) is 5.20. The summed E-state index contributed by atoms with van der Waals surface area (Å²) in [5.74, 6) is 0.240. The fourth-order valence-electron chi connectivity index (χ4n) is 3.03. The Hall–Kier alpha value is -1.86. The average Bonchev–Trinajstić information content (AvgIpc) is 3.34. The van der Waals surface area contributed by atoms with Crippen molar-refractivity contribution in [1.82, 2.24) is 15.2 Å². The Morgan fingerprint density at radius 2 is 2.17 bits per heavy atom. The minimum absolute atomic E-state index is 0.0198. The highest BCUT2D eigenvalue weighted by molar-refractivity contribution is 6.35. The van der Waals surface area contributed by atoms with Crippen molar-refractivity contribution in [2.24, 2.45) is 17.6 Å². The molecule has 2 fully saturated rings. The third-order valence-corrected chi connectivity index (χ3v) is 4.68. The van der Waals surface area contributed by atoms with E-state index in [2.05, 4.69) is 10.3 Å². The summed E-state index contributed by atoms with van der Waals surface area (Å²) in [4.78, 5) is 29.7. The number of pyridine rings is 1. The lowest BCUT2D eigenvalue weighted by atomic mass is 9.99. The summed E-state index contributed by atoms with van der Waals surface area (Å²) in [6.07, 6.45) is 3.84. The molecule has 1 aromatic heterocycles. The molecule has 2 amide bonds. The van der Waals surface area contributed by atoms with Crippen LogP contribution in [0, 0.1) is 11.8 Å². The highest BCUT2D eigenvalue weighted by atomic mass is 35.5. The lowest BCUT2D eigenvalue weighted by Crippen LogP contribution is -2.43. The summed E-state index contributed by atoms with van der Waals surface area (Å²) in [5.41, 5.74) is 6.08. The first-order chi connectivity index (χ1) is 11.5. The van der Waals surface area contributed by atoms with E-state index in [0.29, 0.717) is 35.8 Å². The largest absolute Gasteiger partial charge is 0.476 e. The number of rotatable bonds is 5. The zero-order valence-corrected chi connectivity index (χ0v) is 14.0. The molecule has 3 rings (SSSR count). The number of nitrogens with zero attached hydrogens (tertiary/aromatic N) is 2. The molecule has 1 aliphatic heterocycles. The van der Waals surface area contributed by atoms with Gasteiger partial charge >= 0.3 is 11.8 Å². The SMILES string of the molecule is N[C@@H]1CN(C(=O)C(=O)NCCOc2ccc(Cl)cn2)C[C@H]1C1CC1. The van der Waals surface area contributed by atoms with E-state index >= 15 is 0 Å². The van der Waals surface area contributed by atoms with Crippen molar-refractivity contribution in [2.45, 2.75) is 18.9 Å². The summed E-state index contributed by atoms with van der Waals surface area (Å²) in [7, 11) is 0. The molecule has 1 aliphatic carbocycles. The van der Waals surface area contributed by atoms with Crippen LogP contribution in [0.4, 0.5) is 0 Å². The Balaban J connectivity index is 1.38. The Morgan fingerprint density at radius 3 is 2.83 bits per heavy atom. The first-order valence-electron chi connectivity index (χ1n) is 8.11. The molecule has 2 heterocycles. The van der Waals surface area contributed by atoms with Crippen LogP contribution >= 0.6 is 11.6 Å². The zero-order valence-electron chi connectivity index (χ0n) is 13.3. The normalized spacial score (nSPS) is 23.2. The lowest BCUT2D eigenvalue weighted by Gasteiger charge is -2.15. The molecule has 2 atom stereocenters. The van der Waals surface area contributed by atoms with Crippen LogP contribution in [0.5, 0.6) is 5.88 Å². The van der Waals surface area contributed by atoms with Crippen molar-refractivity contribution in [3.05, 3.63) is 23.4 Å². The maximum absolute atomic E-state index is 12.2. The molecule has 0 aromatic carbocycles. The van der Waals surface area contributed by atoms with Crippen LogP contribution in [0.3, 0.4) is 0 Å². The van der Waals surface area contributed by atoms with E-state index in [1.165, 1.54) is 19.0 Å². The van der Waals surface area contributed by atoms with Crippen molar-refractivity contribution in [3.63, 3.8) is 0 Å². The number of nitrogens with two attached hydrogens (primary N) is 1. The van der Waals surface area contributed by atoms with Crippen LogP contribution in [0.2, 0.25) is 5.02 Å². The Labute approximate surface area is 145 Å². The molecule has 7 nitrogen and oxygen atoms in total. The number of amides is 2. The summed E-state index contributed by atoms with van der Waals surface area (Å²) >= 11 is 5.73. The molecule has 0 unspecified atom stereocenters. The monoisotopic (exact) mass is 352 g/mol. The quantitative estimate of drug-likeness (QED) is 0.591. The number of carbonyl (C=O) groups excluding carboxylic acids is 2. The number of hydrogen-bond acceptors (Lipinski definition) is 5. The minimum Gasteiger partial charge on any atom is -0.476 e. The molecule has 3 N–H and O–H groups in total. The van der Waals surface area contributed by atoms with E-state index in [1.54, 1.807) is 17.0 Å². The standard InChI is InChI=1S/C16H21ClN4O3/c17-11-3-4-14(20-7-11)24-6-5-19-15(22)16(23)21-8-12(10-1-2-10)13(18)9-21/h3-4,7,10,12-13H,1-2,5-6,8-9,18H2,(H,19,22)/t12-,13+/m0/s1. The third-order valence-electron chi connectivity index (χ3n) is 4.46. The van der Waals surface area contributed by atoms with E-state index in [-0.39, 0.29) is 19.2 Å². The smallest absolute Gasteiger partial charge is 0.311 e. The van der Waals surface area contributed by atoms with Gasteiger partial charge in [-0.25, -0.2) is 4.98 Å². The number of nitrogens with one attached hydrogen (secondary N) is 1. The molecule has 0 spiro atoms. The number of halogens is 1. The molecule has 1 saturated heterocycles. The number of ether oxygens (including phenoxy) is 1. The fourth-order valence-corrected chi connectivity index (χ4v) is 3.14. The molecule has 1 saturated carbocycles. The first-order valence-corrected chi connectivity index (χ1v) is 8.49. The second kappa shape index (κ2) is 7.36. The maximum atomic E-state index is 12.2. The van der Waals surface area contributed by atoms with E-state index < -0.39 is 11.8 Å². The molecular weight excluding hydrogens is 332 g/mol. The average molecular weight is 353 g/mol. The molecular formula is C16H21ClN4O3. The van der Waals surface area contributed by atoms with E-state index in [1.807, 2.05) is 0 Å². The Morgan fingerprint density at radius 1 is 1.38 bits per heavy atom. The minimum atomic E-state index is -0.619. The third kappa shape index (κ3) is 4.15. The van der Waals surface area contributed by atoms with Gasteiger partial charge in [0.15, 0.2) is 0 Å². The molecule has 8 heteroatoms. The van der Waals surface area contributed by atoms with Gasteiger partial charge in [0.2, 0.25) is 5.88 Å². The maximum Gasteiger partial charge on any atom is 0.311 e. The lowest BCUT2D eigenvalue weighted by molar-refractivity contribution is -0.145. The van der Waals surface area contributed by atoms with Crippen LogP contribution in [0.25, 0.3) is 0 Å². The molecule has 0 bridgehead atoms. The summed E-state index contributed by atoms with van der Waals surface area (Å²) in [6, 6.07) is 3.28. The molecule has 2 aliphatic rings. The van der Waals surface area contributed by atoms with Gasteiger partial charge in [0.25, 0.3) is 0 Å². The van der Waals surface area contributed by atoms with Gasteiger partial charge in [-0.1, -0.05) is 11.6 Å². The van der Waals surface area contributed by atoms with Gasteiger partial charge in [-0.2, -0.15) is 0 Å². The van der Waals surface area contributed by atoms with Crippen LogP contribution < -0.4 is 15.8 Å². The van der Waals surface area contributed by atoms with E-state index in [0.717, 1.165) is 0 Å². The molecule has 24 heavy (non-hydrogen) atoms. The van der Waals surface area contributed by atoms with Gasteiger partial charge in [-0.15, -0.1) is 0 Å². The van der Waals surface area contributed by atoms with E-state index in [9.17, 15) is 9.59 Å². The van der Waals surface area contributed by atoms with Crippen LogP contribution in [-0.2, 0) is 9.59 Å². The van der Waals surface area contributed by atoms with Gasteiger partial charge < -0.3 is 20.7 Å². The first kappa shape index (κ1) is 17.0. The van der Waals surface area contributed by atoms with Crippen LogP contribution in [-0.4, -0.2) is 54.0 Å². The number of hydrogen-bond donors (Lipinski definition) is 2. The predicted octanol–water partition coefficient (Wildman–Crippen LogP) is 0.426. The van der Waals surface area contributed by atoms with E-state index in [4.69, 9.17) is 22.1 Å².